The molecule has 0 spiro atoms. The van der Waals surface area contributed by atoms with E-state index in [2.05, 4.69) is 21.4 Å². The van der Waals surface area contributed by atoms with Crippen molar-refractivity contribution in [2.75, 3.05) is 18.4 Å². The van der Waals surface area contributed by atoms with Gasteiger partial charge in [-0.2, -0.15) is 5.26 Å². The molecule has 1 unspecified atom stereocenters. The third-order valence-corrected chi connectivity index (χ3v) is 3.88. The molecular formula is C18H21N5O2. The molecule has 1 amide bonds. The number of rotatable bonds is 2. The molecule has 0 bridgehead atoms. The van der Waals surface area contributed by atoms with Crippen LogP contribution in [0.3, 0.4) is 0 Å². The number of anilines is 1. The van der Waals surface area contributed by atoms with E-state index in [9.17, 15) is 4.79 Å². The van der Waals surface area contributed by atoms with Gasteiger partial charge in [-0.05, 0) is 45.4 Å². The van der Waals surface area contributed by atoms with Crippen molar-refractivity contribution in [3.63, 3.8) is 0 Å². The number of aromatic nitrogens is 2. The lowest BCUT2D eigenvalue weighted by Crippen LogP contribution is -2.36. The normalized spacial score (nSPS) is 17.4. The monoisotopic (exact) mass is 339 g/mol. The zero-order chi connectivity index (χ0) is 18.0. The Bertz CT molecular complexity index is 837. The predicted molar refractivity (Wildman–Crippen MR) is 94.1 cm³/mol. The third-order valence-electron chi connectivity index (χ3n) is 3.88. The molecule has 1 aliphatic rings. The van der Waals surface area contributed by atoms with Gasteiger partial charge < -0.3 is 15.0 Å². The van der Waals surface area contributed by atoms with Gasteiger partial charge in [-0.15, -0.1) is 0 Å². The molecule has 7 nitrogen and oxygen atoms in total. The second-order valence-electron chi connectivity index (χ2n) is 7.14. The van der Waals surface area contributed by atoms with Crippen LogP contribution >= 0.6 is 0 Å². The fourth-order valence-electron chi connectivity index (χ4n) is 2.72. The van der Waals surface area contributed by atoms with Crippen LogP contribution in [-0.4, -0.2) is 45.7 Å². The van der Waals surface area contributed by atoms with Crippen LogP contribution in [0.4, 0.5) is 10.7 Å². The summed E-state index contributed by atoms with van der Waals surface area (Å²) in [5.41, 5.74) is 0.787. The highest BCUT2D eigenvalue weighted by Gasteiger charge is 2.30. The molecule has 130 valence electrons. The van der Waals surface area contributed by atoms with E-state index in [-0.39, 0.29) is 12.1 Å². The number of carbonyl (C=O) groups excluding carboxylic acids is 1. The van der Waals surface area contributed by atoms with Crippen LogP contribution in [0, 0.1) is 11.3 Å². The second kappa shape index (κ2) is 6.55. The quantitative estimate of drug-likeness (QED) is 0.904. The molecule has 2 heterocycles. The first-order valence-corrected chi connectivity index (χ1v) is 8.25. The minimum Gasteiger partial charge on any atom is -0.444 e. The molecule has 1 fully saturated rings. The van der Waals surface area contributed by atoms with Gasteiger partial charge in [-0.25, -0.2) is 14.8 Å². The molecule has 1 aliphatic heterocycles. The van der Waals surface area contributed by atoms with E-state index in [1.54, 1.807) is 23.2 Å². The number of nitrogens with zero attached hydrogens (tertiary/aromatic N) is 4. The van der Waals surface area contributed by atoms with Crippen molar-refractivity contribution in [1.29, 1.82) is 5.26 Å². The zero-order valence-corrected chi connectivity index (χ0v) is 14.6. The van der Waals surface area contributed by atoms with E-state index in [1.807, 2.05) is 26.8 Å². The first-order valence-electron chi connectivity index (χ1n) is 8.25. The van der Waals surface area contributed by atoms with Gasteiger partial charge >= 0.3 is 6.09 Å². The summed E-state index contributed by atoms with van der Waals surface area (Å²) in [4.78, 5) is 22.6. The van der Waals surface area contributed by atoms with Gasteiger partial charge in [0.25, 0.3) is 0 Å². The SMILES string of the molecule is CC(C)(C)OC(=O)N1CCC(Nc2ncc3ccc(C#N)cc3n2)C1. The fourth-order valence-corrected chi connectivity index (χ4v) is 2.72. The highest BCUT2D eigenvalue weighted by molar-refractivity contribution is 5.80. The van der Waals surface area contributed by atoms with Crippen molar-refractivity contribution in [1.82, 2.24) is 14.9 Å². The maximum Gasteiger partial charge on any atom is 0.410 e. The van der Waals surface area contributed by atoms with Crippen molar-refractivity contribution in [2.24, 2.45) is 0 Å². The number of nitrogens with one attached hydrogen (secondary N) is 1. The van der Waals surface area contributed by atoms with Crippen molar-refractivity contribution >= 4 is 22.9 Å². The van der Waals surface area contributed by atoms with Crippen molar-refractivity contribution < 1.29 is 9.53 Å². The molecule has 1 aromatic carbocycles. The van der Waals surface area contributed by atoms with Crippen LogP contribution in [-0.2, 0) is 4.74 Å². The maximum absolute atomic E-state index is 12.1. The Morgan fingerprint density at radius 1 is 1.44 bits per heavy atom. The molecule has 0 radical (unpaired) electrons. The molecule has 2 aromatic rings. The summed E-state index contributed by atoms with van der Waals surface area (Å²) in [6, 6.07) is 7.50. The van der Waals surface area contributed by atoms with Gasteiger partial charge in [-0.3, -0.25) is 0 Å². The van der Waals surface area contributed by atoms with E-state index >= 15 is 0 Å². The minimum atomic E-state index is -0.498. The molecule has 0 aliphatic carbocycles. The predicted octanol–water partition coefficient (Wildman–Crippen LogP) is 2.92. The first-order chi connectivity index (χ1) is 11.8. The molecule has 1 N–H and O–H groups in total. The van der Waals surface area contributed by atoms with E-state index in [1.165, 1.54) is 0 Å². The summed E-state index contributed by atoms with van der Waals surface area (Å²) in [5.74, 6) is 0.499. The van der Waals surface area contributed by atoms with Crippen LogP contribution < -0.4 is 5.32 Å². The molecule has 1 saturated heterocycles. The Morgan fingerprint density at radius 3 is 2.96 bits per heavy atom. The minimum absolute atomic E-state index is 0.0733. The zero-order valence-electron chi connectivity index (χ0n) is 14.6. The van der Waals surface area contributed by atoms with Crippen molar-refractivity contribution in [2.45, 2.75) is 38.8 Å². The molecular weight excluding hydrogens is 318 g/mol. The number of likely N-dealkylation sites (tertiary alicyclic amines) is 1. The summed E-state index contributed by atoms with van der Waals surface area (Å²) in [6.07, 6.45) is 2.24. The number of carbonyl (C=O) groups is 1. The average molecular weight is 339 g/mol. The highest BCUT2D eigenvalue weighted by Crippen LogP contribution is 2.19. The number of fused-ring (bicyclic) bond motifs is 1. The molecule has 1 aromatic heterocycles. The van der Waals surface area contributed by atoms with E-state index in [0.717, 1.165) is 17.3 Å². The Kier molecular flexibility index (Phi) is 4.45. The Labute approximate surface area is 146 Å². The molecule has 3 rings (SSSR count). The van der Waals surface area contributed by atoms with Crippen LogP contribution in [0.5, 0.6) is 0 Å². The van der Waals surface area contributed by atoms with Gasteiger partial charge in [0.15, 0.2) is 0 Å². The summed E-state index contributed by atoms with van der Waals surface area (Å²) in [6.45, 7) is 6.76. The summed E-state index contributed by atoms with van der Waals surface area (Å²) in [5, 5.41) is 13.1. The molecule has 1 atom stereocenters. The van der Waals surface area contributed by atoms with Crippen molar-refractivity contribution in [3.8, 4) is 6.07 Å². The Morgan fingerprint density at radius 2 is 2.24 bits per heavy atom. The van der Waals surface area contributed by atoms with Gasteiger partial charge in [-0.1, -0.05) is 0 Å². The summed E-state index contributed by atoms with van der Waals surface area (Å²) >= 11 is 0. The Balaban J connectivity index is 1.66. The molecule has 7 heteroatoms. The average Bonchev–Trinajstić information content (AvgIpc) is 3.01. The number of nitriles is 1. The smallest absolute Gasteiger partial charge is 0.410 e. The van der Waals surface area contributed by atoms with Gasteiger partial charge in [0.05, 0.1) is 17.1 Å². The molecule has 25 heavy (non-hydrogen) atoms. The standard InChI is InChI=1S/C18H21N5O2/c1-18(2,3)25-17(24)23-7-6-14(11-23)21-16-20-10-13-5-4-12(9-19)8-15(13)22-16/h4-5,8,10,14H,6-7,11H2,1-3H3,(H,20,21,22). The number of hydrogen-bond donors (Lipinski definition) is 1. The number of hydrogen-bond acceptors (Lipinski definition) is 6. The van der Waals surface area contributed by atoms with Crippen LogP contribution in [0.15, 0.2) is 24.4 Å². The van der Waals surface area contributed by atoms with E-state index in [0.29, 0.717) is 24.6 Å². The summed E-state index contributed by atoms with van der Waals surface area (Å²) < 4.78 is 5.40. The van der Waals surface area contributed by atoms with E-state index in [4.69, 9.17) is 10.00 Å². The van der Waals surface area contributed by atoms with Gasteiger partial charge in [0, 0.05) is 30.7 Å². The lowest BCUT2D eigenvalue weighted by Gasteiger charge is -2.24. The van der Waals surface area contributed by atoms with Crippen LogP contribution in [0.1, 0.15) is 32.8 Å². The number of benzene rings is 1. The van der Waals surface area contributed by atoms with Gasteiger partial charge in [0.2, 0.25) is 5.95 Å². The largest absolute Gasteiger partial charge is 0.444 e. The highest BCUT2D eigenvalue weighted by atomic mass is 16.6. The molecule has 0 saturated carbocycles. The van der Waals surface area contributed by atoms with Crippen LogP contribution in [0.2, 0.25) is 0 Å². The number of ether oxygens (including phenoxy) is 1. The fraction of sp³-hybridized carbons (Fsp3) is 0.444. The lowest BCUT2D eigenvalue weighted by atomic mass is 10.2. The first kappa shape index (κ1) is 17.0. The maximum atomic E-state index is 12.1. The second-order valence-corrected chi connectivity index (χ2v) is 7.14. The van der Waals surface area contributed by atoms with Gasteiger partial charge in [0.1, 0.15) is 5.60 Å². The topological polar surface area (TPSA) is 91.1 Å². The summed E-state index contributed by atoms with van der Waals surface area (Å²) in [7, 11) is 0. The van der Waals surface area contributed by atoms with E-state index < -0.39 is 5.60 Å². The Hall–Kier alpha value is -2.88. The number of amides is 1. The third kappa shape index (κ3) is 4.15. The lowest BCUT2D eigenvalue weighted by molar-refractivity contribution is 0.0293. The van der Waals surface area contributed by atoms with Crippen molar-refractivity contribution in [3.05, 3.63) is 30.0 Å². The van der Waals surface area contributed by atoms with Crippen LogP contribution in [0.25, 0.3) is 10.9 Å².